The van der Waals surface area contributed by atoms with E-state index in [0.29, 0.717) is 28.6 Å². The lowest BCUT2D eigenvalue weighted by atomic mass is 10.1. The van der Waals surface area contributed by atoms with Gasteiger partial charge in [-0.2, -0.15) is 0 Å². The predicted molar refractivity (Wildman–Crippen MR) is 76.8 cm³/mol. The Morgan fingerprint density at radius 1 is 1.35 bits per heavy atom. The molecule has 0 unspecified atom stereocenters. The van der Waals surface area contributed by atoms with E-state index in [4.69, 9.17) is 14.9 Å². The van der Waals surface area contributed by atoms with Gasteiger partial charge in [-0.25, -0.2) is 4.79 Å². The third-order valence-corrected chi connectivity index (χ3v) is 2.97. The first kappa shape index (κ1) is 14.1. The van der Waals surface area contributed by atoms with Crippen molar-refractivity contribution in [2.24, 2.45) is 0 Å². The van der Waals surface area contributed by atoms with Gasteiger partial charge in [-0.3, -0.25) is 4.79 Å². The maximum absolute atomic E-state index is 12.5. The minimum atomic E-state index is -0.614. The summed E-state index contributed by atoms with van der Waals surface area (Å²) in [5.41, 5.74) is 6.62. The third-order valence-electron chi connectivity index (χ3n) is 2.97. The van der Waals surface area contributed by atoms with Crippen LogP contribution in [0.15, 0.2) is 27.4 Å². The molecule has 5 heteroatoms. The van der Waals surface area contributed by atoms with Crippen molar-refractivity contribution in [3.63, 3.8) is 0 Å². The van der Waals surface area contributed by atoms with Gasteiger partial charge in [-0.1, -0.05) is 13.3 Å². The van der Waals surface area contributed by atoms with Gasteiger partial charge in [0.2, 0.25) is 5.76 Å². The number of anilines is 1. The van der Waals surface area contributed by atoms with Crippen LogP contribution in [0.5, 0.6) is 0 Å². The molecule has 0 aliphatic heterocycles. The first-order valence-electron chi connectivity index (χ1n) is 6.60. The van der Waals surface area contributed by atoms with Crippen molar-refractivity contribution in [3.8, 4) is 0 Å². The molecule has 1 heterocycles. The Balaban J connectivity index is 2.73. The van der Waals surface area contributed by atoms with Crippen molar-refractivity contribution < 1.29 is 13.9 Å². The molecule has 0 aliphatic rings. The van der Waals surface area contributed by atoms with Gasteiger partial charge in [-0.05, 0) is 25.5 Å². The number of ether oxygens (including phenoxy) is 1. The molecule has 0 bridgehead atoms. The average Bonchev–Trinajstić information content (AvgIpc) is 2.41. The SMILES string of the molecule is CCCc1c(C(=O)OCC)oc2cc(N)ccc2c1=O. The summed E-state index contributed by atoms with van der Waals surface area (Å²) in [7, 11) is 0. The van der Waals surface area contributed by atoms with Crippen molar-refractivity contribution in [2.75, 3.05) is 12.3 Å². The van der Waals surface area contributed by atoms with Gasteiger partial charge in [0.25, 0.3) is 0 Å². The molecule has 5 nitrogen and oxygen atoms in total. The third kappa shape index (κ3) is 2.52. The lowest BCUT2D eigenvalue weighted by Gasteiger charge is -2.08. The number of rotatable bonds is 4. The topological polar surface area (TPSA) is 82.5 Å². The molecule has 106 valence electrons. The maximum atomic E-state index is 12.5. The van der Waals surface area contributed by atoms with E-state index in [0.717, 1.165) is 6.42 Å². The van der Waals surface area contributed by atoms with Crippen LogP contribution in [0.4, 0.5) is 5.69 Å². The van der Waals surface area contributed by atoms with E-state index in [1.165, 1.54) is 6.07 Å². The highest BCUT2D eigenvalue weighted by Gasteiger charge is 2.20. The molecule has 20 heavy (non-hydrogen) atoms. The van der Waals surface area contributed by atoms with E-state index in [2.05, 4.69) is 0 Å². The summed E-state index contributed by atoms with van der Waals surface area (Å²) in [6.45, 7) is 3.86. The van der Waals surface area contributed by atoms with Crippen molar-refractivity contribution in [1.82, 2.24) is 0 Å². The molecular formula is C15H17NO4. The zero-order valence-electron chi connectivity index (χ0n) is 11.6. The van der Waals surface area contributed by atoms with Crippen LogP contribution in [0, 0.1) is 0 Å². The van der Waals surface area contributed by atoms with E-state index in [1.807, 2.05) is 6.92 Å². The Kier molecular flexibility index (Phi) is 4.08. The van der Waals surface area contributed by atoms with Crippen LogP contribution in [0.3, 0.4) is 0 Å². The molecule has 0 atom stereocenters. The van der Waals surface area contributed by atoms with E-state index in [1.54, 1.807) is 19.1 Å². The molecule has 0 fully saturated rings. The highest BCUT2D eigenvalue weighted by molar-refractivity contribution is 5.91. The molecule has 2 rings (SSSR count). The second kappa shape index (κ2) is 5.77. The molecular weight excluding hydrogens is 258 g/mol. The zero-order chi connectivity index (χ0) is 14.7. The monoisotopic (exact) mass is 275 g/mol. The number of carbonyl (C=O) groups is 1. The molecule has 1 aromatic carbocycles. The summed E-state index contributed by atoms with van der Waals surface area (Å²) in [5.74, 6) is -0.630. The highest BCUT2D eigenvalue weighted by atomic mass is 16.5. The fourth-order valence-electron chi connectivity index (χ4n) is 2.09. The Morgan fingerprint density at radius 2 is 2.10 bits per heavy atom. The first-order valence-corrected chi connectivity index (χ1v) is 6.60. The van der Waals surface area contributed by atoms with Crippen molar-refractivity contribution in [2.45, 2.75) is 26.7 Å². The number of hydrogen-bond acceptors (Lipinski definition) is 5. The molecule has 2 N–H and O–H groups in total. The van der Waals surface area contributed by atoms with Crippen LogP contribution in [0.2, 0.25) is 0 Å². The van der Waals surface area contributed by atoms with Gasteiger partial charge in [0, 0.05) is 11.8 Å². The quantitative estimate of drug-likeness (QED) is 0.684. The number of esters is 1. The molecule has 0 saturated heterocycles. The minimum Gasteiger partial charge on any atom is -0.460 e. The summed E-state index contributed by atoms with van der Waals surface area (Å²) in [6.07, 6.45) is 1.20. The summed E-state index contributed by atoms with van der Waals surface area (Å²) >= 11 is 0. The highest BCUT2D eigenvalue weighted by Crippen LogP contribution is 2.20. The summed E-state index contributed by atoms with van der Waals surface area (Å²) in [4.78, 5) is 24.4. The van der Waals surface area contributed by atoms with Gasteiger partial charge in [0.1, 0.15) is 5.58 Å². The molecule has 0 radical (unpaired) electrons. The van der Waals surface area contributed by atoms with Crippen molar-refractivity contribution in [3.05, 3.63) is 39.7 Å². The molecule has 0 spiro atoms. The Labute approximate surface area is 116 Å². The smallest absolute Gasteiger partial charge is 0.374 e. The largest absolute Gasteiger partial charge is 0.460 e. The molecule has 2 aromatic rings. The van der Waals surface area contributed by atoms with Crippen LogP contribution in [-0.4, -0.2) is 12.6 Å². The number of nitrogens with two attached hydrogens (primary N) is 1. The molecule has 0 saturated carbocycles. The van der Waals surface area contributed by atoms with E-state index >= 15 is 0 Å². The average molecular weight is 275 g/mol. The standard InChI is InChI=1S/C15H17NO4/c1-3-5-11-13(17)10-7-6-9(16)8-12(10)20-14(11)15(18)19-4-2/h6-8H,3-5,16H2,1-2H3. The predicted octanol–water partition coefficient (Wildman–Crippen LogP) is 2.50. The normalized spacial score (nSPS) is 10.7. The van der Waals surface area contributed by atoms with Crippen LogP contribution in [0.25, 0.3) is 11.0 Å². The Morgan fingerprint density at radius 3 is 2.75 bits per heavy atom. The lowest BCUT2D eigenvalue weighted by Crippen LogP contribution is -2.17. The maximum Gasteiger partial charge on any atom is 0.374 e. The van der Waals surface area contributed by atoms with Crippen LogP contribution < -0.4 is 11.2 Å². The molecule has 0 amide bonds. The lowest BCUT2D eigenvalue weighted by molar-refractivity contribution is 0.0488. The number of hydrogen-bond donors (Lipinski definition) is 1. The number of carbonyl (C=O) groups excluding carboxylic acids is 1. The molecule has 0 aliphatic carbocycles. The van der Waals surface area contributed by atoms with Crippen molar-refractivity contribution >= 4 is 22.6 Å². The van der Waals surface area contributed by atoms with Gasteiger partial charge in [0.05, 0.1) is 17.6 Å². The second-order valence-electron chi connectivity index (χ2n) is 4.46. The van der Waals surface area contributed by atoms with Gasteiger partial charge in [-0.15, -0.1) is 0 Å². The summed E-state index contributed by atoms with van der Waals surface area (Å²) in [5, 5.41) is 0.427. The van der Waals surface area contributed by atoms with E-state index < -0.39 is 5.97 Å². The fourth-order valence-corrected chi connectivity index (χ4v) is 2.09. The van der Waals surface area contributed by atoms with E-state index in [-0.39, 0.29) is 17.8 Å². The minimum absolute atomic E-state index is 0.0169. The van der Waals surface area contributed by atoms with Gasteiger partial charge in [0.15, 0.2) is 5.43 Å². The number of nitrogen functional groups attached to an aromatic ring is 1. The first-order chi connectivity index (χ1) is 9.58. The summed E-state index contributed by atoms with van der Waals surface area (Å²) < 4.78 is 10.5. The Bertz CT molecular complexity index is 703. The zero-order valence-corrected chi connectivity index (χ0v) is 11.6. The van der Waals surface area contributed by atoms with E-state index in [9.17, 15) is 9.59 Å². The Hall–Kier alpha value is -2.30. The number of benzene rings is 1. The summed E-state index contributed by atoms with van der Waals surface area (Å²) in [6, 6.07) is 4.79. The number of fused-ring (bicyclic) bond motifs is 1. The fraction of sp³-hybridized carbons (Fsp3) is 0.333. The van der Waals surface area contributed by atoms with Crippen LogP contribution in [0.1, 0.15) is 36.4 Å². The van der Waals surface area contributed by atoms with Crippen LogP contribution >= 0.6 is 0 Å². The molecule has 1 aromatic heterocycles. The van der Waals surface area contributed by atoms with Crippen LogP contribution in [-0.2, 0) is 11.2 Å². The van der Waals surface area contributed by atoms with Gasteiger partial charge < -0.3 is 14.9 Å². The van der Waals surface area contributed by atoms with Crippen molar-refractivity contribution in [1.29, 1.82) is 0 Å². The van der Waals surface area contributed by atoms with Gasteiger partial charge >= 0.3 is 5.97 Å². The second-order valence-corrected chi connectivity index (χ2v) is 4.46.